The molecule has 2 aliphatic carbocycles. The van der Waals surface area contributed by atoms with Crippen molar-refractivity contribution >= 4 is 17.5 Å². The quantitative estimate of drug-likeness (QED) is 0.504. The highest BCUT2D eigenvalue weighted by Crippen LogP contribution is 2.31. The van der Waals surface area contributed by atoms with Crippen molar-refractivity contribution < 1.29 is 19.4 Å². The van der Waals surface area contributed by atoms with E-state index in [2.05, 4.69) is 24.2 Å². The van der Waals surface area contributed by atoms with Crippen LogP contribution in [0, 0.1) is 17.8 Å². The Hall–Kier alpha value is -2.12. The molecule has 7 nitrogen and oxygen atoms in total. The van der Waals surface area contributed by atoms with Crippen LogP contribution in [0.15, 0.2) is 18.2 Å². The highest BCUT2D eigenvalue weighted by molar-refractivity contribution is 5.93. The Morgan fingerprint density at radius 2 is 1.79 bits per heavy atom. The number of rotatable bonds is 8. The number of carbonyl (C=O) groups excluding carboxylic acids is 2. The number of anilines is 1. The standard InChI is InChI=1S/C31H49N3O4/c1-22-18-34(23(2)21-35)30(36)17-26-16-27(32-31(37)25-12-8-5-9-13-25)14-15-28(26)38-29(22)20-33(3)19-24-10-6-4-7-11-24/h14-16,22-25,29,35H,4-13,17-21H2,1-3H3,(H,32,37)/t22-,23-,29+/m0/s1. The monoisotopic (exact) mass is 527 g/mol. The summed E-state index contributed by atoms with van der Waals surface area (Å²) < 4.78 is 6.68. The first-order chi connectivity index (χ1) is 18.3. The molecule has 1 heterocycles. The topological polar surface area (TPSA) is 82.1 Å². The van der Waals surface area contributed by atoms with Gasteiger partial charge in [0.15, 0.2) is 0 Å². The zero-order chi connectivity index (χ0) is 27.1. The number of fused-ring (bicyclic) bond motifs is 1. The lowest BCUT2D eigenvalue weighted by atomic mass is 9.88. The van der Waals surface area contributed by atoms with E-state index in [4.69, 9.17) is 4.74 Å². The van der Waals surface area contributed by atoms with Crippen LogP contribution in [0.5, 0.6) is 5.75 Å². The van der Waals surface area contributed by atoms with E-state index in [1.807, 2.05) is 30.0 Å². The van der Waals surface area contributed by atoms with E-state index in [1.165, 1.54) is 38.5 Å². The summed E-state index contributed by atoms with van der Waals surface area (Å²) in [7, 11) is 2.18. The first kappa shape index (κ1) is 28.9. The summed E-state index contributed by atoms with van der Waals surface area (Å²) in [5.41, 5.74) is 1.51. The van der Waals surface area contributed by atoms with Crippen LogP contribution in [0.2, 0.25) is 0 Å². The summed E-state index contributed by atoms with van der Waals surface area (Å²) in [5.74, 6) is 1.68. The maximum absolute atomic E-state index is 13.5. The molecule has 0 saturated heterocycles. The number of ether oxygens (including phenoxy) is 1. The Kier molecular flexibility index (Phi) is 10.5. The van der Waals surface area contributed by atoms with E-state index in [1.54, 1.807) is 0 Å². The molecule has 4 rings (SSSR count). The van der Waals surface area contributed by atoms with Crippen molar-refractivity contribution in [3.05, 3.63) is 23.8 Å². The van der Waals surface area contributed by atoms with Gasteiger partial charge in [0.2, 0.25) is 11.8 Å². The Morgan fingerprint density at radius 1 is 1.11 bits per heavy atom. The lowest BCUT2D eigenvalue weighted by Gasteiger charge is -2.35. The molecule has 0 spiro atoms. The average Bonchev–Trinajstić information content (AvgIpc) is 2.97. The molecule has 212 valence electrons. The number of hydrogen-bond donors (Lipinski definition) is 2. The van der Waals surface area contributed by atoms with Crippen LogP contribution in [-0.2, 0) is 16.0 Å². The van der Waals surface area contributed by atoms with E-state index < -0.39 is 0 Å². The molecule has 0 unspecified atom stereocenters. The molecule has 3 aliphatic rings. The minimum Gasteiger partial charge on any atom is -0.488 e. The van der Waals surface area contributed by atoms with Gasteiger partial charge in [-0.25, -0.2) is 0 Å². The van der Waals surface area contributed by atoms with Crippen LogP contribution in [0.25, 0.3) is 0 Å². The molecule has 1 aromatic carbocycles. The van der Waals surface area contributed by atoms with Crippen LogP contribution in [0.1, 0.15) is 83.6 Å². The number of hydrogen-bond acceptors (Lipinski definition) is 5. The van der Waals surface area contributed by atoms with E-state index in [9.17, 15) is 14.7 Å². The van der Waals surface area contributed by atoms with Gasteiger partial charge in [0.25, 0.3) is 0 Å². The molecule has 2 fully saturated rings. The average molecular weight is 528 g/mol. The molecule has 0 radical (unpaired) electrons. The van der Waals surface area contributed by atoms with Gasteiger partial charge in [-0.2, -0.15) is 0 Å². The SMILES string of the molecule is C[C@H]1CN([C@@H](C)CO)C(=O)Cc2cc(NC(=O)C3CCCCC3)ccc2O[C@@H]1CN(C)CC1CCCCC1. The maximum atomic E-state index is 13.5. The zero-order valence-corrected chi connectivity index (χ0v) is 23.8. The first-order valence-corrected chi connectivity index (χ1v) is 15.0. The Balaban J connectivity index is 1.53. The predicted octanol–water partition coefficient (Wildman–Crippen LogP) is 4.87. The zero-order valence-electron chi connectivity index (χ0n) is 23.8. The smallest absolute Gasteiger partial charge is 0.227 e. The van der Waals surface area contributed by atoms with Crippen molar-refractivity contribution in [3.63, 3.8) is 0 Å². The van der Waals surface area contributed by atoms with Crippen molar-refractivity contribution in [3.8, 4) is 5.75 Å². The van der Waals surface area contributed by atoms with E-state index >= 15 is 0 Å². The van der Waals surface area contributed by atoms with Crippen molar-refractivity contribution in [1.82, 2.24) is 9.80 Å². The number of aliphatic hydroxyl groups excluding tert-OH is 1. The second-order valence-electron chi connectivity index (χ2n) is 12.3. The minimum absolute atomic E-state index is 0.0183. The van der Waals surface area contributed by atoms with Crippen LogP contribution in [0.4, 0.5) is 5.69 Å². The molecule has 2 saturated carbocycles. The van der Waals surface area contributed by atoms with E-state index in [-0.39, 0.29) is 48.8 Å². The van der Waals surface area contributed by atoms with E-state index in [0.29, 0.717) is 6.54 Å². The van der Waals surface area contributed by atoms with Gasteiger partial charge in [0.1, 0.15) is 11.9 Å². The van der Waals surface area contributed by atoms with Gasteiger partial charge in [-0.15, -0.1) is 0 Å². The molecule has 1 aromatic rings. The van der Waals surface area contributed by atoms with Gasteiger partial charge in [0, 0.05) is 42.7 Å². The summed E-state index contributed by atoms with van der Waals surface area (Å²) in [6.07, 6.45) is 12.0. The Morgan fingerprint density at radius 3 is 2.47 bits per heavy atom. The largest absolute Gasteiger partial charge is 0.488 e. The van der Waals surface area contributed by atoms with Gasteiger partial charge in [-0.05, 0) is 63.8 Å². The first-order valence-electron chi connectivity index (χ1n) is 15.0. The van der Waals surface area contributed by atoms with Gasteiger partial charge >= 0.3 is 0 Å². The van der Waals surface area contributed by atoms with Crippen molar-refractivity contribution in [2.24, 2.45) is 17.8 Å². The third kappa shape index (κ3) is 7.72. The highest BCUT2D eigenvalue weighted by Gasteiger charge is 2.32. The summed E-state index contributed by atoms with van der Waals surface area (Å²) in [5, 5.41) is 13.0. The molecule has 0 bridgehead atoms. The van der Waals surface area contributed by atoms with Crippen LogP contribution in [0.3, 0.4) is 0 Å². The molecular weight excluding hydrogens is 478 g/mol. The van der Waals surface area contributed by atoms with Crippen molar-refractivity contribution in [2.75, 3.05) is 38.6 Å². The predicted molar refractivity (Wildman–Crippen MR) is 151 cm³/mol. The fourth-order valence-corrected chi connectivity index (χ4v) is 6.53. The molecule has 2 N–H and O–H groups in total. The molecule has 7 heteroatoms. The number of likely N-dealkylation sites (N-methyl/N-ethyl adjacent to an activating group) is 1. The van der Waals surface area contributed by atoms with E-state index in [0.717, 1.165) is 61.7 Å². The lowest BCUT2D eigenvalue weighted by molar-refractivity contribution is -0.134. The summed E-state index contributed by atoms with van der Waals surface area (Å²) in [6, 6.07) is 5.48. The summed E-state index contributed by atoms with van der Waals surface area (Å²) in [6.45, 7) is 6.37. The number of nitrogens with zero attached hydrogens (tertiary/aromatic N) is 2. The second-order valence-corrected chi connectivity index (χ2v) is 12.3. The fourth-order valence-electron chi connectivity index (χ4n) is 6.53. The third-order valence-electron chi connectivity index (χ3n) is 8.95. The van der Waals surface area contributed by atoms with Crippen LogP contribution >= 0.6 is 0 Å². The van der Waals surface area contributed by atoms with Crippen LogP contribution < -0.4 is 10.1 Å². The van der Waals surface area contributed by atoms with Crippen molar-refractivity contribution in [1.29, 1.82) is 0 Å². The van der Waals surface area contributed by atoms with Crippen LogP contribution in [-0.4, -0.2) is 72.2 Å². The Labute approximate surface area is 229 Å². The Bertz CT molecular complexity index is 926. The molecule has 2 amide bonds. The van der Waals surface area contributed by atoms with Gasteiger partial charge < -0.3 is 25.0 Å². The minimum atomic E-state index is -0.263. The normalized spacial score (nSPS) is 24.7. The number of nitrogens with one attached hydrogen (secondary N) is 1. The lowest BCUT2D eigenvalue weighted by Crippen LogP contribution is -2.48. The molecule has 3 atom stereocenters. The van der Waals surface area contributed by atoms with Crippen molar-refractivity contribution in [2.45, 2.75) is 96.6 Å². The molecule has 1 aliphatic heterocycles. The number of amides is 2. The second kappa shape index (κ2) is 13.8. The number of aliphatic hydroxyl groups is 1. The summed E-state index contributed by atoms with van der Waals surface area (Å²) in [4.78, 5) is 30.6. The fraction of sp³-hybridized carbons (Fsp3) is 0.742. The molecule has 0 aromatic heterocycles. The van der Waals surface area contributed by atoms with Gasteiger partial charge in [-0.1, -0.05) is 45.4 Å². The van der Waals surface area contributed by atoms with Gasteiger partial charge in [0.05, 0.1) is 19.1 Å². The third-order valence-corrected chi connectivity index (χ3v) is 8.95. The highest BCUT2D eigenvalue weighted by atomic mass is 16.5. The van der Waals surface area contributed by atoms with Gasteiger partial charge in [-0.3, -0.25) is 9.59 Å². The molecular formula is C31H49N3O4. The maximum Gasteiger partial charge on any atom is 0.227 e. The number of benzene rings is 1. The summed E-state index contributed by atoms with van der Waals surface area (Å²) >= 11 is 0. The number of carbonyl (C=O) groups is 2. The molecule has 38 heavy (non-hydrogen) atoms.